The van der Waals surface area contributed by atoms with Crippen LogP contribution in [0.2, 0.25) is 0 Å². The van der Waals surface area contributed by atoms with Gasteiger partial charge in [0, 0.05) is 55.6 Å². The molecule has 1 aromatic carbocycles. The quantitative estimate of drug-likeness (QED) is 0.201. The molecule has 1 amide bonds. The van der Waals surface area contributed by atoms with Gasteiger partial charge in [0.05, 0.1) is 11.6 Å². The number of rotatable bonds is 8. The fourth-order valence-corrected chi connectivity index (χ4v) is 7.91. The zero-order valence-electron chi connectivity index (χ0n) is 27.6. The van der Waals surface area contributed by atoms with Crippen LogP contribution >= 0.6 is 0 Å². The smallest absolute Gasteiger partial charge is 0.245 e. The number of Topliss-reactive ketones (excluding diaryl/α,β-unsaturated/α-hetero) is 3. The SMILES string of the molecule is CCCCCCC(=O)[C@@H]1C[C@]23CCC(=O)CCCCCCc4cc(-c5cnc(C)nc5)cc5c(C(C)=O)nn(c45)CC(=O)N1[C@@H]2C3. The Kier molecular flexibility index (Phi) is 9.48. The Labute approximate surface area is 271 Å². The minimum atomic E-state index is -0.455. The van der Waals surface area contributed by atoms with Gasteiger partial charge >= 0.3 is 0 Å². The molecule has 1 aliphatic carbocycles. The maximum atomic E-state index is 14.3. The van der Waals surface area contributed by atoms with E-state index in [1.165, 1.54) is 6.92 Å². The molecule has 2 fully saturated rings. The zero-order chi connectivity index (χ0) is 32.4. The maximum absolute atomic E-state index is 14.3. The van der Waals surface area contributed by atoms with E-state index in [2.05, 4.69) is 23.0 Å². The van der Waals surface area contributed by atoms with Gasteiger partial charge in [-0.2, -0.15) is 5.10 Å². The maximum Gasteiger partial charge on any atom is 0.245 e. The molecule has 4 heterocycles. The van der Waals surface area contributed by atoms with Gasteiger partial charge in [0.2, 0.25) is 5.91 Å². The third kappa shape index (κ3) is 6.56. The van der Waals surface area contributed by atoms with Crippen LogP contribution in [0.25, 0.3) is 22.0 Å². The molecule has 3 aliphatic rings. The first kappa shape index (κ1) is 32.2. The molecule has 0 radical (unpaired) electrons. The van der Waals surface area contributed by atoms with Crippen LogP contribution in [0.1, 0.15) is 126 Å². The number of aromatic nitrogens is 4. The predicted octanol–water partition coefficient (Wildman–Crippen LogP) is 6.76. The summed E-state index contributed by atoms with van der Waals surface area (Å²) in [4.78, 5) is 64.4. The average molecular weight is 626 g/mol. The molecule has 1 saturated heterocycles. The summed E-state index contributed by atoms with van der Waals surface area (Å²) in [5, 5.41) is 5.49. The first-order valence-electron chi connectivity index (χ1n) is 17.4. The second-order valence-electron chi connectivity index (χ2n) is 13.9. The van der Waals surface area contributed by atoms with Gasteiger partial charge in [0.25, 0.3) is 0 Å². The number of ketones is 3. The molecular weight excluding hydrogens is 578 g/mol. The Balaban J connectivity index is 1.39. The highest BCUT2D eigenvalue weighted by Gasteiger charge is 2.66. The van der Waals surface area contributed by atoms with Crippen molar-refractivity contribution in [3.05, 3.63) is 41.6 Å². The van der Waals surface area contributed by atoms with Gasteiger partial charge < -0.3 is 4.90 Å². The summed E-state index contributed by atoms with van der Waals surface area (Å²) in [6.07, 6.45) is 16.0. The molecule has 9 heteroatoms. The van der Waals surface area contributed by atoms with Gasteiger partial charge in [-0.05, 0) is 80.5 Å². The zero-order valence-corrected chi connectivity index (χ0v) is 27.6. The van der Waals surface area contributed by atoms with Crippen LogP contribution in [-0.4, -0.2) is 60.0 Å². The Bertz CT molecular complexity index is 1640. The molecule has 3 aromatic rings. The van der Waals surface area contributed by atoms with Crippen molar-refractivity contribution in [1.82, 2.24) is 24.6 Å². The minimum absolute atomic E-state index is 0.0187. The van der Waals surface area contributed by atoms with Gasteiger partial charge in [-0.15, -0.1) is 0 Å². The van der Waals surface area contributed by atoms with Crippen molar-refractivity contribution in [2.45, 2.75) is 136 Å². The molecule has 3 atom stereocenters. The van der Waals surface area contributed by atoms with Crippen molar-refractivity contribution in [2.24, 2.45) is 5.41 Å². The number of hydrogen-bond donors (Lipinski definition) is 0. The highest BCUT2D eigenvalue weighted by atomic mass is 16.2. The van der Waals surface area contributed by atoms with Gasteiger partial charge in [-0.25, -0.2) is 9.97 Å². The first-order valence-corrected chi connectivity index (χ1v) is 17.4. The van der Waals surface area contributed by atoms with E-state index in [0.717, 1.165) is 98.2 Å². The number of unbranched alkanes of at least 4 members (excludes halogenated alkanes) is 3. The molecule has 244 valence electrons. The Morgan fingerprint density at radius 2 is 1.70 bits per heavy atom. The predicted molar refractivity (Wildman–Crippen MR) is 176 cm³/mol. The monoisotopic (exact) mass is 625 g/mol. The lowest BCUT2D eigenvalue weighted by Gasteiger charge is -2.27. The molecule has 1 saturated carbocycles. The minimum Gasteiger partial charge on any atom is -0.327 e. The van der Waals surface area contributed by atoms with E-state index in [-0.39, 0.29) is 35.5 Å². The Morgan fingerprint density at radius 1 is 0.935 bits per heavy atom. The van der Waals surface area contributed by atoms with E-state index in [0.29, 0.717) is 43.0 Å². The lowest BCUT2D eigenvalue weighted by molar-refractivity contribution is -0.139. The summed E-state index contributed by atoms with van der Waals surface area (Å²) in [6, 6.07) is 3.61. The third-order valence-electron chi connectivity index (χ3n) is 10.6. The van der Waals surface area contributed by atoms with Crippen LogP contribution < -0.4 is 0 Å². The van der Waals surface area contributed by atoms with Crippen molar-refractivity contribution >= 4 is 34.2 Å². The van der Waals surface area contributed by atoms with Gasteiger partial charge in [0.15, 0.2) is 11.6 Å². The number of piperidine rings is 1. The van der Waals surface area contributed by atoms with Crippen molar-refractivity contribution in [1.29, 1.82) is 0 Å². The lowest BCUT2D eigenvalue weighted by Crippen LogP contribution is -2.44. The summed E-state index contributed by atoms with van der Waals surface area (Å²) in [7, 11) is 0. The Morgan fingerprint density at radius 3 is 2.43 bits per heavy atom. The Hall–Kier alpha value is -3.75. The number of carbonyl (C=O) groups is 4. The molecular formula is C37H47N5O4. The van der Waals surface area contributed by atoms with Gasteiger partial charge in [0.1, 0.15) is 23.8 Å². The largest absolute Gasteiger partial charge is 0.327 e. The van der Waals surface area contributed by atoms with Crippen LogP contribution in [0.5, 0.6) is 0 Å². The van der Waals surface area contributed by atoms with E-state index in [1.807, 2.05) is 17.9 Å². The van der Waals surface area contributed by atoms with Crippen LogP contribution in [0.15, 0.2) is 24.5 Å². The van der Waals surface area contributed by atoms with E-state index in [9.17, 15) is 19.2 Å². The first-order chi connectivity index (χ1) is 22.2. The molecule has 0 spiro atoms. The van der Waals surface area contributed by atoms with Crippen LogP contribution in [0, 0.1) is 12.3 Å². The number of aryl methyl sites for hydroxylation is 2. The number of carbonyl (C=O) groups excluding carboxylic acids is 4. The molecule has 2 aromatic heterocycles. The van der Waals surface area contributed by atoms with Crippen LogP contribution in [-0.2, 0) is 27.3 Å². The van der Waals surface area contributed by atoms with E-state index in [1.54, 1.807) is 17.1 Å². The molecule has 2 aliphatic heterocycles. The van der Waals surface area contributed by atoms with Crippen molar-refractivity contribution in [3.63, 3.8) is 0 Å². The number of hydrogen-bond acceptors (Lipinski definition) is 7. The molecule has 2 bridgehead atoms. The van der Waals surface area contributed by atoms with Gasteiger partial charge in [-0.1, -0.05) is 39.0 Å². The fourth-order valence-electron chi connectivity index (χ4n) is 7.91. The fraction of sp³-hybridized carbons (Fsp3) is 0.595. The lowest BCUT2D eigenvalue weighted by atomic mass is 9.90. The standard InChI is InChI=1S/C37H47N5O4/c1-4-5-6-11-14-32(45)31-19-37-16-15-29(44)13-10-8-7-9-12-26-17-27(28-21-38-25(3)39-22-28)18-30-35(24(2)43)40-41(36(26)30)23-34(46)42(31)33(37)20-37/h17-18,21-22,31,33H,4-16,19-20,23H2,1-3H3/t31-,33+,37-/m0/s1. The van der Waals surface area contributed by atoms with Crippen molar-refractivity contribution in [3.8, 4) is 11.1 Å². The third-order valence-corrected chi connectivity index (χ3v) is 10.6. The molecule has 0 N–H and O–H groups in total. The normalized spacial score (nSPS) is 23.8. The van der Waals surface area contributed by atoms with Crippen molar-refractivity contribution < 1.29 is 19.2 Å². The van der Waals surface area contributed by atoms with Crippen LogP contribution in [0.3, 0.4) is 0 Å². The molecule has 9 nitrogen and oxygen atoms in total. The summed E-state index contributed by atoms with van der Waals surface area (Å²) < 4.78 is 1.71. The number of amides is 1. The van der Waals surface area contributed by atoms with E-state index < -0.39 is 6.04 Å². The molecule has 46 heavy (non-hydrogen) atoms. The van der Waals surface area contributed by atoms with Crippen molar-refractivity contribution in [2.75, 3.05) is 0 Å². The molecule has 6 rings (SSSR count). The summed E-state index contributed by atoms with van der Waals surface area (Å²) in [5.41, 5.74) is 3.79. The topological polar surface area (TPSA) is 115 Å². The summed E-state index contributed by atoms with van der Waals surface area (Å²) in [5.74, 6) is 0.824. The average Bonchev–Trinajstić information content (AvgIpc) is 3.45. The van der Waals surface area contributed by atoms with Gasteiger partial charge in [-0.3, -0.25) is 23.9 Å². The van der Waals surface area contributed by atoms with Crippen LogP contribution in [0.4, 0.5) is 0 Å². The highest BCUT2D eigenvalue weighted by molar-refractivity contribution is 6.07. The highest BCUT2D eigenvalue weighted by Crippen LogP contribution is 2.62. The summed E-state index contributed by atoms with van der Waals surface area (Å²) >= 11 is 0. The number of nitrogens with zero attached hydrogens (tertiary/aromatic N) is 5. The van der Waals surface area contributed by atoms with E-state index >= 15 is 0 Å². The summed E-state index contributed by atoms with van der Waals surface area (Å²) in [6.45, 7) is 5.48. The number of benzene rings is 1. The second-order valence-corrected chi connectivity index (χ2v) is 13.9. The van der Waals surface area contributed by atoms with E-state index in [4.69, 9.17) is 5.10 Å². The second kappa shape index (κ2) is 13.5. The molecule has 0 unspecified atom stereocenters.